The number of hydrogen-bond donors (Lipinski definition) is 2. The van der Waals surface area contributed by atoms with Gasteiger partial charge in [-0.2, -0.15) is 8.42 Å². The number of carbonyl (C=O) groups is 1. The van der Waals surface area contributed by atoms with Crippen LogP contribution >= 0.6 is 0 Å². The highest BCUT2D eigenvalue weighted by Crippen LogP contribution is 2.33. The van der Waals surface area contributed by atoms with E-state index in [9.17, 15) is 13.2 Å². The van der Waals surface area contributed by atoms with Crippen LogP contribution < -0.4 is 20.1 Å². The van der Waals surface area contributed by atoms with Crippen molar-refractivity contribution in [2.24, 2.45) is 5.92 Å². The van der Waals surface area contributed by atoms with Crippen molar-refractivity contribution in [3.8, 4) is 17.3 Å². The molecule has 1 aliphatic rings. The number of anilines is 2. The smallest absolute Gasteiger partial charge is 0.281 e. The molecule has 4 rings (SSSR count). The summed E-state index contributed by atoms with van der Waals surface area (Å²) < 4.78 is 33.6. The molecular weight excluding hydrogens is 492 g/mol. The van der Waals surface area contributed by atoms with Crippen molar-refractivity contribution in [3.63, 3.8) is 0 Å². The largest absolute Gasteiger partial charge is 0.477 e. The number of rotatable bonds is 8. The zero-order chi connectivity index (χ0) is 26.7. The van der Waals surface area contributed by atoms with Crippen molar-refractivity contribution >= 4 is 27.6 Å². The molecule has 10 nitrogen and oxygen atoms in total. The monoisotopic (exact) mass is 524 g/mol. The molecule has 1 saturated heterocycles. The van der Waals surface area contributed by atoms with Crippen LogP contribution in [-0.4, -0.2) is 48.0 Å². The van der Waals surface area contributed by atoms with E-state index in [0.29, 0.717) is 35.6 Å². The Kier molecular flexibility index (Phi) is 7.63. The van der Waals surface area contributed by atoms with Crippen molar-refractivity contribution in [2.75, 3.05) is 17.2 Å². The van der Waals surface area contributed by atoms with Crippen LogP contribution in [0.1, 0.15) is 50.9 Å². The number of sulfonamides is 1. The van der Waals surface area contributed by atoms with Gasteiger partial charge in [-0.25, -0.2) is 19.7 Å². The van der Waals surface area contributed by atoms with Crippen molar-refractivity contribution in [1.82, 2.24) is 19.7 Å². The number of hydrogen-bond acceptors (Lipinski definition) is 9. The lowest BCUT2D eigenvalue weighted by atomic mass is 10.1. The van der Waals surface area contributed by atoms with Crippen LogP contribution in [0.4, 0.5) is 11.6 Å². The summed E-state index contributed by atoms with van der Waals surface area (Å²) in [6.07, 6.45) is 1.85. The quantitative estimate of drug-likeness (QED) is 0.452. The third kappa shape index (κ3) is 5.99. The molecule has 2 atom stereocenters. The summed E-state index contributed by atoms with van der Waals surface area (Å²) in [7, 11) is -4.24. The van der Waals surface area contributed by atoms with E-state index in [0.717, 1.165) is 12.8 Å². The fourth-order valence-corrected chi connectivity index (χ4v) is 5.22. The maximum Gasteiger partial charge on any atom is 0.281 e. The van der Waals surface area contributed by atoms with Gasteiger partial charge in [-0.3, -0.25) is 4.79 Å². The molecule has 196 valence electrons. The Morgan fingerprint density at radius 3 is 2.38 bits per heavy atom. The normalized spacial score (nSPS) is 17.7. The molecular formula is C26H32N6O4S. The molecule has 3 aromatic heterocycles. The van der Waals surface area contributed by atoms with Crippen LogP contribution in [-0.2, 0) is 10.0 Å². The number of nitrogens with zero attached hydrogens (tertiary/aromatic N) is 4. The molecule has 0 unspecified atom stereocenters. The van der Waals surface area contributed by atoms with Gasteiger partial charge in [-0.15, -0.1) is 0 Å². The molecule has 11 heteroatoms. The summed E-state index contributed by atoms with van der Waals surface area (Å²) in [6, 6.07) is 13.1. The summed E-state index contributed by atoms with van der Waals surface area (Å²) >= 11 is 0. The third-order valence-corrected chi connectivity index (χ3v) is 7.35. The first-order valence-corrected chi connectivity index (χ1v) is 13.7. The molecule has 0 aliphatic carbocycles. The second-order valence-corrected chi connectivity index (χ2v) is 11.3. The van der Waals surface area contributed by atoms with Crippen molar-refractivity contribution in [3.05, 3.63) is 54.1 Å². The molecule has 3 aromatic rings. The van der Waals surface area contributed by atoms with Crippen molar-refractivity contribution in [2.45, 2.75) is 57.6 Å². The molecule has 3 N–H and O–H groups in total. The first kappa shape index (κ1) is 26.3. The van der Waals surface area contributed by atoms with Crippen molar-refractivity contribution in [1.29, 1.82) is 0 Å². The lowest BCUT2D eigenvalue weighted by molar-refractivity contribution is 0.0981. The van der Waals surface area contributed by atoms with Crippen LogP contribution in [0.3, 0.4) is 0 Å². The van der Waals surface area contributed by atoms with Crippen LogP contribution in [0.15, 0.2) is 53.6 Å². The third-order valence-electron chi connectivity index (χ3n) is 6.11. The summed E-state index contributed by atoms with van der Waals surface area (Å²) in [6.45, 7) is 8.77. The van der Waals surface area contributed by atoms with Gasteiger partial charge >= 0.3 is 0 Å². The first-order valence-electron chi connectivity index (χ1n) is 12.2. The van der Waals surface area contributed by atoms with Gasteiger partial charge in [0.15, 0.2) is 5.03 Å². The minimum atomic E-state index is -4.24. The highest BCUT2D eigenvalue weighted by atomic mass is 32.2. The zero-order valence-corrected chi connectivity index (χ0v) is 22.2. The molecule has 0 saturated carbocycles. The van der Waals surface area contributed by atoms with E-state index in [4.69, 9.17) is 15.5 Å². The lowest BCUT2D eigenvalue weighted by Crippen LogP contribution is -2.37. The van der Waals surface area contributed by atoms with Gasteiger partial charge in [0, 0.05) is 18.2 Å². The molecule has 0 bridgehead atoms. The first-order chi connectivity index (χ1) is 17.5. The Labute approximate surface area is 217 Å². The van der Waals surface area contributed by atoms with Crippen LogP contribution in [0.5, 0.6) is 5.88 Å². The summed E-state index contributed by atoms with van der Waals surface area (Å²) in [5.41, 5.74) is 6.91. The number of aromatic nitrogens is 3. The van der Waals surface area contributed by atoms with Crippen LogP contribution in [0.2, 0.25) is 0 Å². The number of nitrogens with one attached hydrogen (secondary N) is 1. The molecule has 0 radical (unpaired) electrons. The highest BCUT2D eigenvalue weighted by Gasteiger charge is 2.33. The van der Waals surface area contributed by atoms with Crippen LogP contribution in [0, 0.1) is 5.92 Å². The van der Waals surface area contributed by atoms with Gasteiger partial charge in [0.2, 0.25) is 5.88 Å². The second kappa shape index (κ2) is 10.7. The van der Waals surface area contributed by atoms with Gasteiger partial charge < -0.3 is 15.4 Å². The van der Waals surface area contributed by atoms with E-state index >= 15 is 0 Å². The van der Waals surface area contributed by atoms with Gasteiger partial charge in [0.25, 0.3) is 15.9 Å². The van der Waals surface area contributed by atoms with E-state index in [2.05, 4.69) is 47.3 Å². The highest BCUT2D eigenvalue weighted by molar-refractivity contribution is 7.90. The Balaban J connectivity index is 1.72. The molecule has 37 heavy (non-hydrogen) atoms. The van der Waals surface area contributed by atoms with Gasteiger partial charge in [0.1, 0.15) is 11.6 Å². The Morgan fingerprint density at radius 1 is 1.03 bits per heavy atom. The van der Waals surface area contributed by atoms with Crippen molar-refractivity contribution < 1.29 is 17.9 Å². The summed E-state index contributed by atoms with van der Waals surface area (Å²) in [5.74, 6) is 0.476. The molecule has 0 spiro atoms. The number of ether oxygens (including phenoxy) is 1. The topological polar surface area (TPSA) is 140 Å². The van der Waals surface area contributed by atoms with Gasteiger partial charge in [0.05, 0.1) is 23.6 Å². The number of amides is 1. The molecule has 1 aliphatic heterocycles. The van der Waals surface area contributed by atoms with E-state index in [1.807, 2.05) is 12.1 Å². The van der Waals surface area contributed by atoms with E-state index in [1.54, 1.807) is 18.2 Å². The number of nitrogen functional groups attached to an aromatic ring is 1. The molecule has 0 aromatic carbocycles. The predicted octanol–water partition coefficient (Wildman–Crippen LogP) is 3.65. The fourth-order valence-electron chi connectivity index (χ4n) is 4.28. The molecule has 4 heterocycles. The predicted molar refractivity (Wildman–Crippen MR) is 142 cm³/mol. The lowest BCUT2D eigenvalue weighted by Gasteiger charge is -2.29. The Hall–Kier alpha value is -3.73. The fraction of sp³-hybridized carbons (Fsp3) is 0.385. The Morgan fingerprint density at radius 2 is 1.70 bits per heavy atom. The number of carbonyl (C=O) groups excluding carboxylic acids is 1. The SMILES string of the molecule is CC(C)COc1cccc(-c2ccc(C(=O)NS(=O)(=O)c3cccc(N)n3)c(N3[C@H](C)CC[C@@H]3C)n2)n1. The van der Waals surface area contributed by atoms with E-state index in [1.165, 1.54) is 18.2 Å². The minimum Gasteiger partial charge on any atom is -0.477 e. The van der Waals surface area contributed by atoms with E-state index < -0.39 is 15.9 Å². The minimum absolute atomic E-state index is 0.0360. The van der Waals surface area contributed by atoms with Gasteiger partial charge in [-0.05, 0) is 62.9 Å². The average molecular weight is 525 g/mol. The van der Waals surface area contributed by atoms with Gasteiger partial charge in [-0.1, -0.05) is 26.0 Å². The average Bonchev–Trinajstić information content (AvgIpc) is 3.19. The maximum atomic E-state index is 13.3. The summed E-state index contributed by atoms with van der Waals surface area (Å²) in [5, 5.41) is -0.336. The van der Waals surface area contributed by atoms with Crippen LogP contribution in [0.25, 0.3) is 11.4 Å². The number of nitrogens with two attached hydrogens (primary N) is 1. The number of pyridine rings is 3. The second-order valence-electron chi connectivity index (χ2n) is 9.65. The molecule has 1 amide bonds. The van der Waals surface area contributed by atoms with E-state index in [-0.39, 0.29) is 28.5 Å². The maximum absolute atomic E-state index is 13.3. The summed E-state index contributed by atoms with van der Waals surface area (Å²) in [4.78, 5) is 28.6. The Bertz CT molecular complexity index is 1390. The zero-order valence-electron chi connectivity index (χ0n) is 21.4. The standard InChI is InChI=1S/C26H32N6O4S/c1-16(2)15-36-23-9-5-7-20(28-23)21-14-13-19(25(29-21)32-17(3)11-12-18(32)4)26(33)31-37(34,35)24-10-6-8-22(27)30-24/h5-10,13-14,16-18H,11-12,15H2,1-4H3,(H2,27,30)(H,31,33)/t17-,18+. The molecule has 1 fully saturated rings.